The van der Waals surface area contributed by atoms with Crippen LogP contribution < -0.4 is 11.2 Å². The number of benzene rings is 1. The third-order valence-corrected chi connectivity index (χ3v) is 3.76. The first kappa shape index (κ1) is 16.8. The second kappa shape index (κ2) is 6.86. The standard InChI is InChI=1S/C17H18N4O4/c1-10-4-6-12(7-5-10)9-24-11(2)16-18-14(20-25-16)13-8-21(3)17(23)19-15(13)22/h4-8,11H,9H2,1-3H3,(H,19,22,23). The normalized spacial score (nSPS) is 12.3. The van der Waals surface area contributed by atoms with Gasteiger partial charge < -0.3 is 13.8 Å². The van der Waals surface area contributed by atoms with Crippen molar-refractivity contribution in [3.8, 4) is 11.4 Å². The molecular formula is C17H18N4O4. The summed E-state index contributed by atoms with van der Waals surface area (Å²) in [6, 6.07) is 8.01. The second-order valence-corrected chi connectivity index (χ2v) is 5.81. The summed E-state index contributed by atoms with van der Waals surface area (Å²) in [5.74, 6) is 0.369. The number of aromatic amines is 1. The zero-order valence-corrected chi connectivity index (χ0v) is 14.1. The molecule has 0 aliphatic rings. The highest BCUT2D eigenvalue weighted by molar-refractivity contribution is 5.50. The van der Waals surface area contributed by atoms with Gasteiger partial charge in [0, 0.05) is 13.2 Å². The summed E-state index contributed by atoms with van der Waals surface area (Å²) in [5.41, 5.74) is 1.30. The quantitative estimate of drug-likeness (QED) is 0.757. The van der Waals surface area contributed by atoms with Crippen LogP contribution >= 0.6 is 0 Å². The van der Waals surface area contributed by atoms with Crippen molar-refractivity contribution < 1.29 is 9.26 Å². The van der Waals surface area contributed by atoms with Crippen LogP contribution in [0.3, 0.4) is 0 Å². The lowest BCUT2D eigenvalue weighted by Crippen LogP contribution is -2.28. The van der Waals surface area contributed by atoms with Crippen molar-refractivity contribution in [1.29, 1.82) is 0 Å². The molecule has 0 spiro atoms. The first-order chi connectivity index (χ1) is 11.9. The minimum absolute atomic E-state index is 0.109. The first-order valence-electron chi connectivity index (χ1n) is 7.75. The topological polar surface area (TPSA) is 103 Å². The lowest BCUT2D eigenvalue weighted by atomic mass is 10.2. The summed E-state index contributed by atoms with van der Waals surface area (Å²) < 4.78 is 12.2. The Kier molecular flexibility index (Phi) is 4.62. The van der Waals surface area contributed by atoms with E-state index < -0.39 is 17.4 Å². The number of aromatic nitrogens is 4. The van der Waals surface area contributed by atoms with Gasteiger partial charge in [-0.25, -0.2) is 4.79 Å². The largest absolute Gasteiger partial charge is 0.364 e. The molecular weight excluding hydrogens is 324 g/mol. The molecule has 25 heavy (non-hydrogen) atoms. The summed E-state index contributed by atoms with van der Waals surface area (Å²) in [6.45, 7) is 4.21. The Labute approximate surface area is 143 Å². The van der Waals surface area contributed by atoms with Gasteiger partial charge in [-0.2, -0.15) is 4.98 Å². The molecule has 2 aromatic heterocycles. The number of nitrogens with zero attached hydrogens (tertiary/aromatic N) is 3. The van der Waals surface area contributed by atoms with Crippen LogP contribution in [0.25, 0.3) is 11.4 Å². The molecule has 8 heteroatoms. The van der Waals surface area contributed by atoms with Gasteiger partial charge in [0.05, 0.1) is 6.61 Å². The molecule has 0 saturated heterocycles. The molecule has 3 aromatic rings. The number of hydrogen-bond acceptors (Lipinski definition) is 6. The molecule has 0 aliphatic heterocycles. The van der Waals surface area contributed by atoms with Crippen LogP contribution in [0.5, 0.6) is 0 Å². The fourth-order valence-electron chi connectivity index (χ4n) is 2.21. The summed E-state index contributed by atoms with van der Waals surface area (Å²) in [7, 11) is 1.52. The van der Waals surface area contributed by atoms with E-state index in [1.807, 2.05) is 31.2 Å². The number of rotatable bonds is 5. The van der Waals surface area contributed by atoms with E-state index in [9.17, 15) is 9.59 Å². The van der Waals surface area contributed by atoms with E-state index in [0.29, 0.717) is 6.61 Å². The van der Waals surface area contributed by atoms with Gasteiger partial charge >= 0.3 is 5.69 Å². The summed E-state index contributed by atoms with van der Waals surface area (Å²) >= 11 is 0. The summed E-state index contributed by atoms with van der Waals surface area (Å²) in [6.07, 6.45) is 0.933. The molecule has 1 aromatic carbocycles. The van der Waals surface area contributed by atoms with Crippen LogP contribution in [0, 0.1) is 6.92 Å². The van der Waals surface area contributed by atoms with E-state index in [1.165, 1.54) is 23.4 Å². The SMILES string of the molecule is Cc1ccc(COC(C)c2nc(-c3cn(C)c(=O)[nH]c3=O)no2)cc1. The maximum Gasteiger partial charge on any atom is 0.328 e. The van der Waals surface area contributed by atoms with Gasteiger partial charge in [0.25, 0.3) is 11.4 Å². The van der Waals surface area contributed by atoms with Gasteiger partial charge in [-0.3, -0.25) is 9.78 Å². The van der Waals surface area contributed by atoms with Gasteiger partial charge in [0.1, 0.15) is 11.7 Å². The van der Waals surface area contributed by atoms with E-state index in [1.54, 1.807) is 6.92 Å². The fraction of sp³-hybridized carbons (Fsp3) is 0.294. The smallest absolute Gasteiger partial charge is 0.328 e. The predicted molar refractivity (Wildman–Crippen MR) is 90.0 cm³/mol. The van der Waals surface area contributed by atoms with Crippen LogP contribution in [0.2, 0.25) is 0 Å². The van der Waals surface area contributed by atoms with Gasteiger partial charge in [0.2, 0.25) is 5.82 Å². The third kappa shape index (κ3) is 3.74. The molecule has 1 unspecified atom stereocenters. The molecule has 8 nitrogen and oxygen atoms in total. The Hall–Kier alpha value is -3.00. The molecule has 0 amide bonds. The Morgan fingerprint density at radius 2 is 2.00 bits per heavy atom. The summed E-state index contributed by atoms with van der Waals surface area (Å²) in [5, 5.41) is 3.80. The van der Waals surface area contributed by atoms with Crippen molar-refractivity contribution in [2.75, 3.05) is 0 Å². The number of H-pyrrole nitrogens is 1. The van der Waals surface area contributed by atoms with Gasteiger partial charge in [-0.05, 0) is 19.4 Å². The lowest BCUT2D eigenvalue weighted by Gasteiger charge is -2.08. The van der Waals surface area contributed by atoms with Crippen LogP contribution in [-0.4, -0.2) is 19.7 Å². The summed E-state index contributed by atoms with van der Waals surface area (Å²) in [4.78, 5) is 29.7. The minimum atomic E-state index is -0.566. The number of nitrogens with one attached hydrogen (secondary N) is 1. The Bertz CT molecular complexity index is 985. The van der Waals surface area contributed by atoms with Crippen LogP contribution in [0.1, 0.15) is 30.0 Å². The maximum absolute atomic E-state index is 11.9. The number of hydrogen-bond donors (Lipinski definition) is 1. The highest BCUT2D eigenvalue weighted by atomic mass is 16.5. The van der Waals surface area contributed by atoms with Crippen molar-refractivity contribution >= 4 is 0 Å². The Morgan fingerprint density at radius 1 is 1.28 bits per heavy atom. The molecule has 2 heterocycles. The number of ether oxygens (including phenoxy) is 1. The van der Waals surface area contributed by atoms with Crippen molar-refractivity contribution in [1.82, 2.24) is 19.7 Å². The Balaban J connectivity index is 1.74. The van der Waals surface area contributed by atoms with Gasteiger partial charge in [-0.15, -0.1) is 0 Å². The van der Waals surface area contributed by atoms with E-state index in [0.717, 1.165) is 5.56 Å². The molecule has 1 atom stereocenters. The van der Waals surface area contributed by atoms with Crippen molar-refractivity contribution in [2.45, 2.75) is 26.6 Å². The van der Waals surface area contributed by atoms with Crippen LogP contribution in [0.15, 0.2) is 44.6 Å². The molecule has 0 bridgehead atoms. The Morgan fingerprint density at radius 3 is 2.72 bits per heavy atom. The predicted octanol–water partition coefficient (Wildman–Crippen LogP) is 1.71. The molecule has 1 N–H and O–H groups in total. The number of aryl methyl sites for hydroxylation is 2. The fourth-order valence-corrected chi connectivity index (χ4v) is 2.21. The molecule has 0 fully saturated rings. The zero-order chi connectivity index (χ0) is 18.0. The van der Waals surface area contributed by atoms with E-state index in [-0.39, 0.29) is 17.3 Å². The van der Waals surface area contributed by atoms with Crippen molar-refractivity contribution in [3.63, 3.8) is 0 Å². The van der Waals surface area contributed by atoms with Gasteiger partial charge in [-0.1, -0.05) is 35.0 Å². The highest BCUT2D eigenvalue weighted by Gasteiger charge is 2.18. The first-order valence-corrected chi connectivity index (χ1v) is 7.75. The molecule has 3 rings (SSSR count). The third-order valence-electron chi connectivity index (χ3n) is 3.76. The van der Waals surface area contributed by atoms with Crippen molar-refractivity contribution in [2.24, 2.45) is 7.05 Å². The van der Waals surface area contributed by atoms with Crippen LogP contribution in [-0.2, 0) is 18.4 Å². The lowest BCUT2D eigenvalue weighted by molar-refractivity contribution is 0.0308. The molecule has 0 radical (unpaired) electrons. The highest BCUT2D eigenvalue weighted by Crippen LogP contribution is 2.19. The maximum atomic E-state index is 11.9. The van der Waals surface area contributed by atoms with E-state index in [4.69, 9.17) is 9.26 Å². The van der Waals surface area contributed by atoms with Crippen molar-refractivity contribution in [3.05, 3.63) is 68.3 Å². The average molecular weight is 342 g/mol. The monoisotopic (exact) mass is 342 g/mol. The van der Waals surface area contributed by atoms with E-state index in [2.05, 4.69) is 15.1 Å². The average Bonchev–Trinajstić information content (AvgIpc) is 3.07. The zero-order valence-electron chi connectivity index (χ0n) is 14.1. The molecule has 0 saturated carbocycles. The van der Waals surface area contributed by atoms with Gasteiger partial charge in [0.15, 0.2) is 0 Å². The van der Waals surface area contributed by atoms with Crippen LogP contribution in [0.4, 0.5) is 0 Å². The van der Waals surface area contributed by atoms with E-state index >= 15 is 0 Å². The molecule has 130 valence electrons. The second-order valence-electron chi connectivity index (χ2n) is 5.81. The minimum Gasteiger partial charge on any atom is -0.364 e. The molecule has 0 aliphatic carbocycles.